The van der Waals surface area contributed by atoms with E-state index in [0.717, 1.165) is 23.5 Å². The normalized spacial score (nSPS) is 10.8. The van der Waals surface area contributed by atoms with Gasteiger partial charge < -0.3 is 14.6 Å². The summed E-state index contributed by atoms with van der Waals surface area (Å²) < 4.78 is 10.8. The zero-order chi connectivity index (χ0) is 12.0. The zero-order valence-electron chi connectivity index (χ0n) is 10.2. The highest BCUT2D eigenvalue weighted by Crippen LogP contribution is 2.21. The van der Waals surface area contributed by atoms with Gasteiger partial charge >= 0.3 is 0 Å². The summed E-state index contributed by atoms with van der Waals surface area (Å²) in [5.74, 6) is 1.33. The van der Waals surface area contributed by atoms with Crippen LogP contribution in [0.4, 0.5) is 0 Å². The molecule has 3 nitrogen and oxygen atoms in total. The van der Waals surface area contributed by atoms with E-state index in [1.807, 2.05) is 18.2 Å². The fourth-order valence-electron chi connectivity index (χ4n) is 1.45. The van der Waals surface area contributed by atoms with E-state index in [-0.39, 0.29) is 6.61 Å². The maximum Gasteiger partial charge on any atom is 0.124 e. The van der Waals surface area contributed by atoms with Gasteiger partial charge in [-0.2, -0.15) is 0 Å². The maximum atomic E-state index is 9.06. The van der Waals surface area contributed by atoms with Gasteiger partial charge in [-0.05, 0) is 23.6 Å². The summed E-state index contributed by atoms with van der Waals surface area (Å²) in [5, 5.41) is 9.06. The van der Waals surface area contributed by atoms with Crippen LogP contribution in [0.3, 0.4) is 0 Å². The Labute approximate surface area is 97.0 Å². The largest absolute Gasteiger partial charge is 0.496 e. The van der Waals surface area contributed by atoms with Gasteiger partial charge in [0.1, 0.15) is 5.75 Å². The number of methoxy groups -OCH3 is 1. The lowest BCUT2D eigenvalue weighted by atomic mass is 10.1. The number of hydrogen-bond donors (Lipinski definition) is 1. The second-order valence-electron chi connectivity index (χ2n) is 4.21. The third-order valence-corrected chi connectivity index (χ3v) is 2.24. The first kappa shape index (κ1) is 13.0. The molecule has 0 radical (unpaired) electrons. The minimum Gasteiger partial charge on any atom is -0.496 e. The van der Waals surface area contributed by atoms with Crippen molar-refractivity contribution >= 4 is 0 Å². The Balaban J connectivity index is 2.67. The Morgan fingerprint density at radius 2 is 2.06 bits per heavy atom. The highest BCUT2D eigenvalue weighted by molar-refractivity contribution is 5.36. The van der Waals surface area contributed by atoms with E-state index >= 15 is 0 Å². The molecule has 0 aromatic heterocycles. The van der Waals surface area contributed by atoms with Crippen molar-refractivity contribution in [1.82, 2.24) is 0 Å². The highest BCUT2D eigenvalue weighted by atomic mass is 16.5. The SMILES string of the molecule is COc1ccc(CO)cc1COCC(C)C. The molecule has 3 heteroatoms. The van der Waals surface area contributed by atoms with Gasteiger partial charge in [-0.1, -0.05) is 19.9 Å². The molecule has 0 heterocycles. The third kappa shape index (κ3) is 3.83. The van der Waals surface area contributed by atoms with Crippen molar-refractivity contribution in [2.24, 2.45) is 5.92 Å². The fourth-order valence-corrected chi connectivity index (χ4v) is 1.45. The van der Waals surface area contributed by atoms with Gasteiger partial charge in [0.2, 0.25) is 0 Å². The summed E-state index contributed by atoms with van der Waals surface area (Å²) in [6, 6.07) is 5.63. The quantitative estimate of drug-likeness (QED) is 0.806. The molecule has 0 aliphatic rings. The van der Waals surface area contributed by atoms with Gasteiger partial charge in [0.15, 0.2) is 0 Å². The molecule has 0 fully saturated rings. The Morgan fingerprint density at radius 3 is 2.62 bits per heavy atom. The Morgan fingerprint density at radius 1 is 1.31 bits per heavy atom. The van der Waals surface area contributed by atoms with Crippen LogP contribution in [0.2, 0.25) is 0 Å². The number of hydrogen-bond acceptors (Lipinski definition) is 3. The monoisotopic (exact) mass is 224 g/mol. The topological polar surface area (TPSA) is 38.7 Å². The summed E-state index contributed by atoms with van der Waals surface area (Å²) in [6.07, 6.45) is 0. The van der Waals surface area contributed by atoms with Crippen LogP contribution in [-0.4, -0.2) is 18.8 Å². The maximum absolute atomic E-state index is 9.06. The molecule has 1 rings (SSSR count). The van der Waals surface area contributed by atoms with Gasteiger partial charge in [-0.15, -0.1) is 0 Å². The molecule has 1 N–H and O–H groups in total. The van der Waals surface area contributed by atoms with E-state index in [1.54, 1.807) is 7.11 Å². The Bertz CT molecular complexity index is 321. The van der Waals surface area contributed by atoms with Crippen molar-refractivity contribution < 1.29 is 14.6 Å². The molecule has 1 aromatic rings. The summed E-state index contributed by atoms with van der Waals surface area (Å²) >= 11 is 0. The smallest absolute Gasteiger partial charge is 0.124 e. The molecule has 0 bridgehead atoms. The number of aliphatic hydroxyl groups is 1. The molecule has 16 heavy (non-hydrogen) atoms. The van der Waals surface area contributed by atoms with Gasteiger partial charge in [-0.25, -0.2) is 0 Å². The second-order valence-corrected chi connectivity index (χ2v) is 4.21. The molecular weight excluding hydrogens is 204 g/mol. The summed E-state index contributed by atoms with van der Waals surface area (Å²) in [6.45, 7) is 5.52. The van der Waals surface area contributed by atoms with Crippen molar-refractivity contribution in [2.75, 3.05) is 13.7 Å². The lowest BCUT2D eigenvalue weighted by molar-refractivity contribution is 0.0954. The van der Waals surface area contributed by atoms with Crippen LogP contribution in [0.15, 0.2) is 18.2 Å². The molecule has 90 valence electrons. The molecule has 0 unspecified atom stereocenters. The highest BCUT2D eigenvalue weighted by Gasteiger charge is 2.05. The summed E-state index contributed by atoms with van der Waals surface area (Å²) in [7, 11) is 1.64. The van der Waals surface area contributed by atoms with Crippen molar-refractivity contribution in [2.45, 2.75) is 27.1 Å². The number of benzene rings is 1. The van der Waals surface area contributed by atoms with E-state index in [9.17, 15) is 0 Å². The van der Waals surface area contributed by atoms with E-state index in [1.165, 1.54) is 0 Å². The van der Waals surface area contributed by atoms with Crippen molar-refractivity contribution in [3.05, 3.63) is 29.3 Å². The first-order valence-corrected chi connectivity index (χ1v) is 5.51. The molecule has 0 spiro atoms. The van der Waals surface area contributed by atoms with Crippen LogP contribution in [0.5, 0.6) is 5.75 Å². The predicted octanol–water partition coefficient (Wildman–Crippen LogP) is 2.36. The molecular formula is C13H20O3. The van der Waals surface area contributed by atoms with Crippen LogP contribution in [0.25, 0.3) is 0 Å². The van der Waals surface area contributed by atoms with E-state index in [2.05, 4.69) is 13.8 Å². The molecule has 0 atom stereocenters. The predicted molar refractivity (Wildman–Crippen MR) is 63.4 cm³/mol. The van der Waals surface area contributed by atoms with Crippen LogP contribution in [-0.2, 0) is 18.0 Å². The first-order chi connectivity index (χ1) is 7.67. The minimum absolute atomic E-state index is 0.0428. The molecule has 0 saturated heterocycles. The minimum atomic E-state index is 0.0428. The van der Waals surface area contributed by atoms with Gasteiger partial charge in [0.05, 0.1) is 20.3 Å². The van der Waals surface area contributed by atoms with Crippen LogP contribution in [0.1, 0.15) is 25.0 Å². The number of aliphatic hydroxyl groups excluding tert-OH is 1. The van der Waals surface area contributed by atoms with Crippen LogP contribution in [0, 0.1) is 5.92 Å². The fraction of sp³-hybridized carbons (Fsp3) is 0.538. The van der Waals surface area contributed by atoms with Crippen molar-refractivity contribution in [1.29, 1.82) is 0 Å². The van der Waals surface area contributed by atoms with E-state index in [0.29, 0.717) is 12.5 Å². The van der Waals surface area contributed by atoms with E-state index in [4.69, 9.17) is 14.6 Å². The van der Waals surface area contributed by atoms with Crippen molar-refractivity contribution in [3.8, 4) is 5.75 Å². The summed E-state index contributed by atoms with van der Waals surface area (Å²) in [4.78, 5) is 0. The second kappa shape index (κ2) is 6.51. The van der Waals surface area contributed by atoms with Gasteiger partial charge in [-0.3, -0.25) is 0 Å². The van der Waals surface area contributed by atoms with Gasteiger partial charge in [0.25, 0.3) is 0 Å². The number of ether oxygens (including phenoxy) is 2. The van der Waals surface area contributed by atoms with E-state index < -0.39 is 0 Å². The van der Waals surface area contributed by atoms with Gasteiger partial charge in [0, 0.05) is 12.2 Å². The average Bonchev–Trinajstić information content (AvgIpc) is 2.28. The molecule has 0 aliphatic carbocycles. The molecule has 1 aromatic carbocycles. The zero-order valence-corrected chi connectivity index (χ0v) is 10.2. The van der Waals surface area contributed by atoms with Crippen molar-refractivity contribution in [3.63, 3.8) is 0 Å². The van der Waals surface area contributed by atoms with Crippen LogP contribution >= 0.6 is 0 Å². The molecule has 0 saturated carbocycles. The standard InChI is InChI=1S/C13H20O3/c1-10(2)8-16-9-12-6-11(7-14)4-5-13(12)15-3/h4-6,10,14H,7-9H2,1-3H3. The van der Waals surface area contributed by atoms with Crippen LogP contribution < -0.4 is 4.74 Å². The Hall–Kier alpha value is -1.06. The lowest BCUT2D eigenvalue weighted by Gasteiger charge is -2.11. The first-order valence-electron chi connectivity index (χ1n) is 5.51. The lowest BCUT2D eigenvalue weighted by Crippen LogP contribution is -2.03. The average molecular weight is 224 g/mol. The third-order valence-electron chi connectivity index (χ3n) is 2.24. The molecule has 0 amide bonds. The Kier molecular flexibility index (Phi) is 5.29. The molecule has 0 aliphatic heterocycles. The number of rotatable bonds is 6. The summed E-state index contributed by atoms with van der Waals surface area (Å²) in [5.41, 5.74) is 1.86.